The molecule has 0 saturated heterocycles. The molecule has 0 amide bonds. The highest BCUT2D eigenvalue weighted by Crippen LogP contribution is 2.27. The number of para-hydroxylation sites is 1. The summed E-state index contributed by atoms with van der Waals surface area (Å²) in [5.41, 5.74) is 5.19. The van der Waals surface area contributed by atoms with E-state index in [0.717, 1.165) is 13.0 Å². The predicted molar refractivity (Wildman–Crippen MR) is 96.8 cm³/mol. The van der Waals surface area contributed by atoms with E-state index in [2.05, 4.69) is 98.5 Å². The van der Waals surface area contributed by atoms with Crippen molar-refractivity contribution in [3.05, 3.63) is 77.7 Å². The maximum atomic E-state index is 2.40. The number of nitrogens with zero attached hydrogens (tertiary/aromatic N) is 2. The Morgan fingerprint density at radius 3 is 2.50 bits per heavy atom. The van der Waals surface area contributed by atoms with Crippen LogP contribution < -0.4 is 4.90 Å². The molecule has 0 unspecified atom stereocenters. The van der Waals surface area contributed by atoms with Gasteiger partial charge in [0.15, 0.2) is 0 Å². The first kappa shape index (κ1) is 16.2. The van der Waals surface area contributed by atoms with Crippen LogP contribution in [0.4, 0.5) is 5.69 Å². The van der Waals surface area contributed by atoms with Gasteiger partial charge in [0.05, 0.1) is 5.70 Å². The van der Waals surface area contributed by atoms with Gasteiger partial charge in [0, 0.05) is 38.4 Å². The summed E-state index contributed by atoms with van der Waals surface area (Å²) >= 11 is 0. The molecule has 116 valence electrons. The second kappa shape index (κ2) is 7.69. The molecule has 22 heavy (non-hydrogen) atoms. The largest absolute Gasteiger partial charge is 0.379 e. The summed E-state index contributed by atoms with van der Waals surface area (Å²) < 4.78 is 0. The van der Waals surface area contributed by atoms with Gasteiger partial charge in [-0.3, -0.25) is 0 Å². The molecule has 1 aromatic rings. The average molecular weight is 294 g/mol. The molecule has 2 rings (SSSR count). The lowest BCUT2D eigenvalue weighted by Gasteiger charge is -2.30. The molecule has 1 aromatic carbocycles. The maximum Gasteiger partial charge on any atom is 0.0611 e. The van der Waals surface area contributed by atoms with Crippen LogP contribution in [0.25, 0.3) is 0 Å². The number of hydrogen-bond donors (Lipinski definition) is 0. The van der Waals surface area contributed by atoms with E-state index in [-0.39, 0.29) is 0 Å². The van der Waals surface area contributed by atoms with Crippen LogP contribution in [0.1, 0.15) is 20.3 Å². The zero-order chi connectivity index (χ0) is 15.9. The summed E-state index contributed by atoms with van der Waals surface area (Å²) in [5, 5.41) is 0. The van der Waals surface area contributed by atoms with Crippen molar-refractivity contribution in [3.8, 4) is 0 Å². The predicted octanol–water partition coefficient (Wildman–Crippen LogP) is 4.75. The third kappa shape index (κ3) is 3.91. The van der Waals surface area contributed by atoms with E-state index in [1.54, 1.807) is 0 Å². The number of hydrogen-bond acceptors (Lipinski definition) is 2. The van der Waals surface area contributed by atoms with Gasteiger partial charge in [-0.25, -0.2) is 0 Å². The zero-order valence-corrected chi connectivity index (χ0v) is 14.1. The minimum atomic E-state index is 0.900. The Bertz CT molecular complexity index is 604. The molecule has 0 spiro atoms. The van der Waals surface area contributed by atoms with E-state index >= 15 is 0 Å². The van der Waals surface area contributed by atoms with Crippen LogP contribution in [0.3, 0.4) is 0 Å². The Hall–Kier alpha value is -2.22. The van der Waals surface area contributed by atoms with Gasteiger partial charge in [-0.15, -0.1) is 0 Å². The Balaban J connectivity index is 2.51. The summed E-state index contributed by atoms with van der Waals surface area (Å²) in [4.78, 5) is 4.62. The van der Waals surface area contributed by atoms with Gasteiger partial charge in [-0.05, 0) is 32.1 Å². The Kier molecular flexibility index (Phi) is 5.65. The summed E-state index contributed by atoms with van der Waals surface area (Å²) in [7, 11) is 4.24. The maximum absolute atomic E-state index is 2.40. The van der Waals surface area contributed by atoms with Crippen LogP contribution in [0.15, 0.2) is 77.7 Å². The topological polar surface area (TPSA) is 6.48 Å². The SMILES string of the molecule is C/C=C(\C)CN(C1=C(N(C)C)CC=CC=C1)c1ccccc1. The number of allylic oxidation sites excluding steroid dienone is 5. The quantitative estimate of drug-likeness (QED) is 0.723. The fraction of sp³-hybridized carbons (Fsp3) is 0.300. The molecule has 1 aliphatic rings. The van der Waals surface area contributed by atoms with E-state index in [1.807, 2.05) is 0 Å². The molecule has 0 radical (unpaired) electrons. The minimum absolute atomic E-state index is 0.900. The van der Waals surface area contributed by atoms with E-state index in [4.69, 9.17) is 0 Å². The van der Waals surface area contributed by atoms with Crippen molar-refractivity contribution in [2.45, 2.75) is 20.3 Å². The molecule has 0 aliphatic heterocycles. The minimum Gasteiger partial charge on any atom is -0.379 e. The second-order valence-corrected chi connectivity index (χ2v) is 5.77. The standard InChI is InChI=1S/C20H26N2/c1-5-17(2)16-22(18-12-8-6-9-13-18)20-15-11-7-10-14-19(20)21(3)4/h5-13,15H,14,16H2,1-4H3/b17-5+. The Morgan fingerprint density at radius 2 is 1.86 bits per heavy atom. The van der Waals surface area contributed by atoms with Crippen molar-refractivity contribution < 1.29 is 0 Å². The van der Waals surface area contributed by atoms with Crippen molar-refractivity contribution in [1.29, 1.82) is 0 Å². The highest BCUT2D eigenvalue weighted by Gasteiger charge is 2.16. The molecule has 0 aromatic heterocycles. The van der Waals surface area contributed by atoms with Crippen molar-refractivity contribution in [2.24, 2.45) is 0 Å². The van der Waals surface area contributed by atoms with Crippen LogP contribution in [0.5, 0.6) is 0 Å². The van der Waals surface area contributed by atoms with Gasteiger partial charge in [0.1, 0.15) is 0 Å². The summed E-state index contributed by atoms with van der Waals surface area (Å²) in [6, 6.07) is 10.6. The highest BCUT2D eigenvalue weighted by molar-refractivity contribution is 5.57. The smallest absolute Gasteiger partial charge is 0.0611 e. The first-order chi connectivity index (χ1) is 10.6. The van der Waals surface area contributed by atoms with Gasteiger partial charge in [-0.2, -0.15) is 0 Å². The van der Waals surface area contributed by atoms with Crippen LogP contribution in [0, 0.1) is 0 Å². The van der Waals surface area contributed by atoms with Gasteiger partial charge < -0.3 is 9.80 Å². The van der Waals surface area contributed by atoms with Gasteiger partial charge in [0.2, 0.25) is 0 Å². The zero-order valence-electron chi connectivity index (χ0n) is 14.1. The first-order valence-corrected chi connectivity index (χ1v) is 7.81. The average Bonchev–Trinajstić information content (AvgIpc) is 2.79. The summed E-state index contributed by atoms with van der Waals surface area (Å²) in [6.07, 6.45) is 11.8. The molecule has 0 fully saturated rings. The Labute approximate surface area is 134 Å². The van der Waals surface area contributed by atoms with E-state index < -0.39 is 0 Å². The third-order valence-corrected chi connectivity index (χ3v) is 3.91. The lowest BCUT2D eigenvalue weighted by molar-refractivity contribution is 0.494. The van der Waals surface area contributed by atoms with E-state index in [0.29, 0.717) is 0 Å². The Morgan fingerprint density at radius 1 is 1.14 bits per heavy atom. The summed E-state index contributed by atoms with van der Waals surface area (Å²) in [6.45, 7) is 5.19. The van der Waals surface area contributed by atoms with Crippen molar-refractivity contribution in [3.63, 3.8) is 0 Å². The van der Waals surface area contributed by atoms with E-state index in [9.17, 15) is 0 Å². The molecule has 0 saturated carbocycles. The normalized spacial score (nSPS) is 15.0. The molecule has 2 nitrogen and oxygen atoms in total. The molecule has 0 N–H and O–H groups in total. The van der Waals surface area contributed by atoms with E-state index in [1.165, 1.54) is 22.7 Å². The van der Waals surface area contributed by atoms with Gasteiger partial charge in [0.25, 0.3) is 0 Å². The number of benzene rings is 1. The van der Waals surface area contributed by atoms with Crippen molar-refractivity contribution >= 4 is 5.69 Å². The van der Waals surface area contributed by atoms with Gasteiger partial charge in [-0.1, -0.05) is 48.1 Å². The van der Waals surface area contributed by atoms with Crippen molar-refractivity contribution in [2.75, 3.05) is 25.5 Å². The number of anilines is 1. The second-order valence-electron chi connectivity index (χ2n) is 5.77. The molecule has 0 bridgehead atoms. The first-order valence-electron chi connectivity index (χ1n) is 7.81. The lowest BCUT2D eigenvalue weighted by atomic mass is 10.1. The molecule has 0 atom stereocenters. The number of rotatable bonds is 5. The monoisotopic (exact) mass is 294 g/mol. The lowest BCUT2D eigenvalue weighted by Crippen LogP contribution is -2.28. The molecular formula is C20H26N2. The fourth-order valence-electron chi connectivity index (χ4n) is 2.53. The summed E-state index contributed by atoms with van der Waals surface area (Å²) in [5.74, 6) is 0. The van der Waals surface area contributed by atoms with Crippen LogP contribution in [-0.4, -0.2) is 25.5 Å². The molecule has 0 heterocycles. The highest BCUT2D eigenvalue weighted by atomic mass is 15.2. The van der Waals surface area contributed by atoms with Crippen molar-refractivity contribution in [1.82, 2.24) is 4.90 Å². The van der Waals surface area contributed by atoms with Gasteiger partial charge >= 0.3 is 0 Å². The molecule has 1 aliphatic carbocycles. The molecule has 2 heteroatoms. The third-order valence-electron chi connectivity index (χ3n) is 3.91. The van der Waals surface area contributed by atoms with Crippen LogP contribution in [-0.2, 0) is 0 Å². The van der Waals surface area contributed by atoms with Crippen LogP contribution >= 0.6 is 0 Å². The fourth-order valence-corrected chi connectivity index (χ4v) is 2.53. The van der Waals surface area contributed by atoms with Crippen LogP contribution in [0.2, 0.25) is 0 Å². The molecular weight excluding hydrogens is 268 g/mol.